The van der Waals surface area contributed by atoms with E-state index in [4.69, 9.17) is 16.3 Å². The van der Waals surface area contributed by atoms with Crippen molar-refractivity contribution in [2.45, 2.75) is 30.2 Å². The number of ether oxygens (including phenoxy) is 1. The normalized spacial score (nSPS) is 16.8. The molecular formula is C20H25ClN2O3S. The molecule has 5 nitrogen and oxygen atoms in total. The first-order valence-corrected chi connectivity index (χ1v) is 11.0. The van der Waals surface area contributed by atoms with E-state index in [0.717, 1.165) is 37.2 Å². The van der Waals surface area contributed by atoms with Crippen LogP contribution in [0.4, 0.5) is 0 Å². The van der Waals surface area contributed by atoms with Crippen molar-refractivity contribution in [1.29, 1.82) is 0 Å². The number of rotatable bonds is 7. The van der Waals surface area contributed by atoms with Gasteiger partial charge in [-0.1, -0.05) is 30.2 Å². The average molecular weight is 409 g/mol. The molecule has 2 aromatic carbocycles. The second-order valence-electron chi connectivity index (χ2n) is 6.69. The lowest BCUT2D eigenvalue weighted by Crippen LogP contribution is -2.40. The molecule has 1 unspecified atom stereocenters. The fourth-order valence-electron chi connectivity index (χ4n) is 3.40. The molecule has 7 heteroatoms. The number of piperidine rings is 1. The van der Waals surface area contributed by atoms with Crippen molar-refractivity contribution in [3.63, 3.8) is 0 Å². The number of nitrogens with zero attached hydrogens (tertiary/aromatic N) is 1. The Morgan fingerprint density at radius 2 is 1.67 bits per heavy atom. The molecule has 0 aromatic heterocycles. The summed E-state index contributed by atoms with van der Waals surface area (Å²) < 4.78 is 33.4. The second-order valence-corrected chi connectivity index (χ2v) is 8.89. The highest BCUT2D eigenvalue weighted by molar-refractivity contribution is 7.89. The molecule has 146 valence electrons. The molecule has 0 aliphatic carbocycles. The van der Waals surface area contributed by atoms with Gasteiger partial charge in [0.05, 0.1) is 12.0 Å². The Hall–Kier alpha value is -1.60. The first-order chi connectivity index (χ1) is 13.0. The molecule has 0 amide bonds. The number of sulfonamides is 1. The van der Waals surface area contributed by atoms with E-state index in [0.29, 0.717) is 11.6 Å². The maximum Gasteiger partial charge on any atom is 0.240 e. The van der Waals surface area contributed by atoms with Gasteiger partial charge in [0.2, 0.25) is 10.0 Å². The molecule has 3 rings (SSSR count). The molecule has 27 heavy (non-hydrogen) atoms. The molecule has 1 aliphatic rings. The molecule has 1 atom stereocenters. The Morgan fingerprint density at radius 3 is 2.26 bits per heavy atom. The van der Waals surface area contributed by atoms with Crippen LogP contribution in [0.1, 0.15) is 30.9 Å². The van der Waals surface area contributed by atoms with E-state index >= 15 is 0 Å². The van der Waals surface area contributed by atoms with Crippen molar-refractivity contribution < 1.29 is 13.2 Å². The van der Waals surface area contributed by atoms with Crippen LogP contribution in [0.5, 0.6) is 5.75 Å². The Labute approximate surface area is 166 Å². The molecule has 1 fully saturated rings. The van der Waals surface area contributed by atoms with Crippen LogP contribution < -0.4 is 9.46 Å². The minimum absolute atomic E-state index is 0.0155. The standard InChI is InChI=1S/C20H25ClN2O3S/c1-26-18-9-5-16(6-10-18)20(23-13-3-2-4-14-23)15-22-27(24,25)19-11-7-17(21)8-12-19/h5-12,20,22H,2-4,13-15H2,1H3. The number of methoxy groups -OCH3 is 1. The minimum Gasteiger partial charge on any atom is -0.497 e. The summed E-state index contributed by atoms with van der Waals surface area (Å²) >= 11 is 5.86. The van der Waals surface area contributed by atoms with E-state index in [1.807, 2.05) is 24.3 Å². The number of hydrogen-bond acceptors (Lipinski definition) is 4. The molecule has 1 N–H and O–H groups in total. The summed E-state index contributed by atoms with van der Waals surface area (Å²) in [5, 5.41) is 0.512. The van der Waals surface area contributed by atoms with Crippen LogP contribution in [0, 0.1) is 0 Å². The number of benzene rings is 2. The molecule has 0 radical (unpaired) electrons. The van der Waals surface area contributed by atoms with Gasteiger partial charge in [-0.3, -0.25) is 4.90 Å². The van der Waals surface area contributed by atoms with E-state index in [1.54, 1.807) is 19.2 Å². The Balaban J connectivity index is 1.78. The van der Waals surface area contributed by atoms with Gasteiger partial charge in [-0.15, -0.1) is 0 Å². The van der Waals surface area contributed by atoms with E-state index in [1.165, 1.54) is 18.6 Å². The highest BCUT2D eigenvalue weighted by Gasteiger charge is 2.25. The van der Waals surface area contributed by atoms with Crippen molar-refractivity contribution in [1.82, 2.24) is 9.62 Å². The van der Waals surface area contributed by atoms with Gasteiger partial charge in [-0.05, 0) is 67.9 Å². The number of nitrogens with one attached hydrogen (secondary N) is 1. The summed E-state index contributed by atoms with van der Waals surface area (Å²) in [6.07, 6.45) is 3.50. The van der Waals surface area contributed by atoms with Crippen LogP contribution in [0.2, 0.25) is 5.02 Å². The quantitative estimate of drug-likeness (QED) is 0.755. The zero-order valence-electron chi connectivity index (χ0n) is 15.4. The summed E-state index contributed by atoms with van der Waals surface area (Å²) in [6, 6.07) is 14.0. The van der Waals surface area contributed by atoms with Gasteiger partial charge >= 0.3 is 0 Å². The largest absolute Gasteiger partial charge is 0.497 e. The Kier molecular flexibility index (Phi) is 6.76. The zero-order valence-corrected chi connectivity index (χ0v) is 17.0. The van der Waals surface area contributed by atoms with Crippen molar-refractivity contribution >= 4 is 21.6 Å². The number of likely N-dealkylation sites (tertiary alicyclic amines) is 1. The summed E-state index contributed by atoms with van der Waals surface area (Å²) in [7, 11) is -1.96. The van der Waals surface area contributed by atoms with E-state index in [2.05, 4.69) is 9.62 Å². The van der Waals surface area contributed by atoms with Gasteiger partial charge in [0.1, 0.15) is 5.75 Å². The number of hydrogen-bond donors (Lipinski definition) is 1. The van der Waals surface area contributed by atoms with Crippen molar-refractivity contribution in [2.75, 3.05) is 26.7 Å². The van der Waals surface area contributed by atoms with Crippen LogP contribution in [0.3, 0.4) is 0 Å². The molecule has 0 saturated carbocycles. The first kappa shape index (κ1) is 20.1. The molecule has 1 heterocycles. The third-order valence-corrected chi connectivity index (χ3v) is 6.61. The predicted molar refractivity (Wildman–Crippen MR) is 108 cm³/mol. The minimum atomic E-state index is -3.59. The molecular weight excluding hydrogens is 384 g/mol. The first-order valence-electron chi connectivity index (χ1n) is 9.13. The van der Waals surface area contributed by atoms with Crippen LogP contribution in [-0.4, -0.2) is 40.1 Å². The van der Waals surface area contributed by atoms with Gasteiger partial charge in [-0.25, -0.2) is 13.1 Å². The van der Waals surface area contributed by atoms with Gasteiger partial charge < -0.3 is 4.74 Å². The third kappa shape index (κ3) is 5.23. The monoisotopic (exact) mass is 408 g/mol. The van der Waals surface area contributed by atoms with Crippen LogP contribution in [-0.2, 0) is 10.0 Å². The molecule has 1 saturated heterocycles. The third-order valence-electron chi connectivity index (χ3n) is 4.92. The Bertz CT molecular complexity index is 833. The van der Waals surface area contributed by atoms with Crippen molar-refractivity contribution in [3.05, 3.63) is 59.1 Å². The average Bonchev–Trinajstić information content (AvgIpc) is 2.70. The molecule has 0 spiro atoms. The Morgan fingerprint density at radius 1 is 1.04 bits per heavy atom. The highest BCUT2D eigenvalue weighted by Crippen LogP contribution is 2.26. The predicted octanol–water partition coefficient (Wildman–Crippen LogP) is 3.85. The lowest BCUT2D eigenvalue weighted by atomic mass is 10.0. The van der Waals surface area contributed by atoms with Gasteiger partial charge in [0, 0.05) is 17.6 Å². The van der Waals surface area contributed by atoms with Crippen LogP contribution in [0.15, 0.2) is 53.4 Å². The molecule has 2 aromatic rings. The van der Waals surface area contributed by atoms with E-state index in [-0.39, 0.29) is 10.9 Å². The molecule has 0 bridgehead atoms. The fourth-order valence-corrected chi connectivity index (χ4v) is 4.56. The smallest absolute Gasteiger partial charge is 0.240 e. The summed E-state index contributed by atoms with van der Waals surface area (Å²) in [5.41, 5.74) is 1.08. The molecule has 1 aliphatic heterocycles. The summed E-state index contributed by atoms with van der Waals surface area (Å²) in [5.74, 6) is 0.790. The zero-order chi connectivity index (χ0) is 19.3. The number of halogens is 1. The lowest BCUT2D eigenvalue weighted by Gasteiger charge is -2.35. The van der Waals surface area contributed by atoms with Gasteiger partial charge in [0.25, 0.3) is 0 Å². The van der Waals surface area contributed by atoms with E-state index < -0.39 is 10.0 Å². The van der Waals surface area contributed by atoms with Crippen LogP contribution in [0.25, 0.3) is 0 Å². The fraction of sp³-hybridized carbons (Fsp3) is 0.400. The van der Waals surface area contributed by atoms with Gasteiger partial charge in [0.15, 0.2) is 0 Å². The second kappa shape index (κ2) is 9.06. The highest BCUT2D eigenvalue weighted by atomic mass is 35.5. The van der Waals surface area contributed by atoms with E-state index in [9.17, 15) is 8.42 Å². The van der Waals surface area contributed by atoms with Crippen LogP contribution >= 0.6 is 11.6 Å². The van der Waals surface area contributed by atoms with Gasteiger partial charge in [-0.2, -0.15) is 0 Å². The lowest BCUT2D eigenvalue weighted by molar-refractivity contribution is 0.164. The SMILES string of the molecule is COc1ccc(C(CNS(=O)(=O)c2ccc(Cl)cc2)N2CCCCC2)cc1. The topological polar surface area (TPSA) is 58.6 Å². The summed E-state index contributed by atoms with van der Waals surface area (Å²) in [6.45, 7) is 2.26. The maximum absolute atomic E-state index is 12.7. The van der Waals surface area contributed by atoms with Crippen molar-refractivity contribution in [3.8, 4) is 5.75 Å². The van der Waals surface area contributed by atoms with Crippen molar-refractivity contribution in [2.24, 2.45) is 0 Å². The summed E-state index contributed by atoms with van der Waals surface area (Å²) in [4.78, 5) is 2.58. The maximum atomic E-state index is 12.7.